The highest BCUT2D eigenvalue weighted by Crippen LogP contribution is 2.34. The number of rotatable bonds is 9. The number of hydrogen-bond acceptors (Lipinski definition) is 7. The van der Waals surface area contributed by atoms with Crippen molar-refractivity contribution < 1.29 is 32.2 Å². The summed E-state index contributed by atoms with van der Waals surface area (Å²) < 4.78 is 41.9. The quantitative estimate of drug-likeness (QED) is 0.571. The largest absolute Gasteiger partial charge is 0.486 e. The van der Waals surface area contributed by atoms with Gasteiger partial charge >= 0.3 is 5.97 Å². The molecule has 10 heteroatoms. The Balaban J connectivity index is 1.60. The maximum Gasteiger partial charge on any atom is 0.338 e. The Labute approximate surface area is 187 Å². The summed E-state index contributed by atoms with van der Waals surface area (Å²) in [6.07, 6.45) is 1.51. The average molecular weight is 463 g/mol. The van der Waals surface area contributed by atoms with Crippen molar-refractivity contribution in [2.75, 3.05) is 42.2 Å². The smallest absolute Gasteiger partial charge is 0.338 e. The molecule has 32 heavy (non-hydrogen) atoms. The number of amides is 1. The minimum absolute atomic E-state index is 0.0974. The maximum atomic E-state index is 12.3. The number of benzene rings is 2. The van der Waals surface area contributed by atoms with E-state index in [1.165, 1.54) is 10.4 Å². The molecule has 2 aromatic rings. The van der Waals surface area contributed by atoms with Gasteiger partial charge in [0, 0.05) is 24.7 Å². The van der Waals surface area contributed by atoms with Crippen LogP contribution in [-0.2, 0) is 19.6 Å². The second-order valence-corrected chi connectivity index (χ2v) is 9.02. The van der Waals surface area contributed by atoms with Crippen LogP contribution >= 0.6 is 0 Å². The summed E-state index contributed by atoms with van der Waals surface area (Å²) in [6, 6.07) is 11.4. The van der Waals surface area contributed by atoms with E-state index in [1.54, 1.807) is 43.3 Å². The number of hydrogen-bond donors (Lipinski definition) is 1. The van der Waals surface area contributed by atoms with E-state index in [9.17, 15) is 18.0 Å². The van der Waals surface area contributed by atoms with Gasteiger partial charge in [-0.25, -0.2) is 13.2 Å². The molecule has 0 bridgehead atoms. The van der Waals surface area contributed by atoms with E-state index >= 15 is 0 Å². The van der Waals surface area contributed by atoms with Gasteiger partial charge in [0.05, 0.1) is 24.1 Å². The molecule has 0 atom stereocenters. The first kappa shape index (κ1) is 23.4. The van der Waals surface area contributed by atoms with Crippen molar-refractivity contribution in [2.24, 2.45) is 0 Å². The summed E-state index contributed by atoms with van der Waals surface area (Å²) in [5.74, 6) is 0.299. The van der Waals surface area contributed by atoms with Crippen molar-refractivity contribution >= 4 is 33.3 Å². The van der Waals surface area contributed by atoms with Crippen LogP contribution in [0.3, 0.4) is 0 Å². The molecular formula is C22H26N2O7S. The van der Waals surface area contributed by atoms with E-state index in [4.69, 9.17) is 14.2 Å². The van der Waals surface area contributed by atoms with Crippen molar-refractivity contribution in [1.82, 2.24) is 0 Å². The van der Waals surface area contributed by atoms with Gasteiger partial charge in [0.1, 0.15) is 13.2 Å². The molecule has 0 spiro atoms. The number of fused-ring (bicyclic) bond motifs is 1. The molecule has 0 fully saturated rings. The fourth-order valence-corrected chi connectivity index (χ4v) is 4.18. The van der Waals surface area contributed by atoms with Crippen molar-refractivity contribution in [2.45, 2.75) is 19.8 Å². The Hall–Kier alpha value is -3.27. The number of esters is 1. The predicted molar refractivity (Wildman–Crippen MR) is 120 cm³/mol. The monoisotopic (exact) mass is 462 g/mol. The molecular weight excluding hydrogens is 436 g/mol. The lowest BCUT2D eigenvalue weighted by Gasteiger charge is -2.25. The molecule has 0 saturated carbocycles. The molecule has 0 saturated heterocycles. The van der Waals surface area contributed by atoms with Crippen LogP contribution < -0.4 is 19.1 Å². The number of nitrogens with zero attached hydrogens (tertiary/aromatic N) is 1. The summed E-state index contributed by atoms with van der Waals surface area (Å²) in [5.41, 5.74) is 1.25. The van der Waals surface area contributed by atoms with Crippen LogP contribution in [0.2, 0.25) is 0 Å². The third kappa shape index (κ3) is 6.13. The SMILES string of the molecule is CCOC(=O)c1cccc(NC(=O)CCCN(c2ccc3c(c2)OCCO3)S(C)(=O)=O)c1. The van der Waals surface area contributed by atoms with Crippen LogP contribution in [0.25, 0.3) is 0 Å². The molecule has 1 N–H and O–H groups in total. The molecule has 9 nitrogen and oxygen atoms in total. The minimum Gasteiger partial charge on any atom is -0.486 e. The third-order valence-corrected chi connectivity index (χ3v) is 5.83. The zero-order chi connectivity index (χ0) is 23.1. The normalized spacial score (nSPS) is 12.7. The average Bonchev–Trinajstić information content (AvgIpc) is 2.76. The van der Waals surface area contributed by atoms with Gasteiger partial charge in [-0.15, -0.1) is 0 Å². The highest BCUT2D eigenvalue weighted by molar-refractivity contribution is 7.92. The number of sulfonamides is 1. The Morgan fingerprint density at radius 2 is 1.84 bits per heavy atom. The molecule has 3 rings (SSSR count). The first-order valence-corrected chi connectivity index (χ1v) is 12.1. The first-order chi connectivity index (χ1) is 15.3. The van der Waals surface area contributed by atoms with E-state index in [1.807, 2.05) is 0 Å². The summed E-state index contributed by atoms with van der Waals surface area (Å²) >= 11 is 0. The highest BCUT2D eigenvalue weighted by atomic mass is 32.2. The fourth-order valence-electron chi connectivity index (χ4n) is 3.22. The number of carbonyl (C=O) groups is 2. The molecule has 1 amide bonds. The molecule has 0 radical (unpaired) electrons. The van der Waals surface area contributed by atoms with E-state index in [2.05, 4.69) is 5.32 Å². The zero-order valence-electron chi connectivity index (χ0n) is 18.0. The van der Waals surface area contributed by atoms with E-state index < -0.39 is 16.0 Å². The van der Waals surface area contributed by atoms with Crippen LogP contribution in [0.5, 0.6) is 11.5 Å². The number of carbonyl (C=O) groups excluding carboxylic acids is 2. The Kier molecular flexibility index (Phi) is 7.57. The summed E-state index contributed by atoms with van der Waals surface area (Å²) in [7, 11) is -3.57. The fraction of sp³-hybridized carbons (Fsp3) is 0.364. The lowest BCUT2D eigenvalue weighted by Crippen LogP contribution is -2.31. The Bertz CT molecular complexity index is 1090. The van der Waals surface area contributed by atoms with Gasteiger partial charge in [-0.1, -0.05) is 6.07 Å². The van der Waals surface area contributed by atoms with Gasteiger partial charge in [0.25, 0.3) is 0 Å². The summed E-state index contributed by atoms with van der Waals surface area (Å²) in [5, 5.41) is 2.72. The zero-order valence-corrected chi connectivity index (χ0v) is 18.8. The van der Waals surface area contributed by atoms with Crippen molar-refractivity contribution in [1.29, 1.82) is 0 Å². The van der Waals surface area contributed by atoms with Gasteiger partial charge in [0.15, 0.2) is 11.5 Å². The molecule has 1 aliphatic heterocycles. The molecule has 1 heterocycles. The summed E-state index contributed by atoms with van der Waals surface area (Å²) in [4.78, 5) is 24.2. The molecule has 172 valence electrons. The van der Waals surface area contributed by atoms with Gasteiger partial charge in [-0.05, 0) is 43.7 Å². The van der Waals surface area contributed by atoms with Crippen LogP contribution in [0.4, 0.5) is 11.4 Å². The molecule has 1 aliphatic rings. The Morgan fingerprint density at radius 3 is 2.56 bits per heavy atom. The maximum absolute atomic E-state index is 12.3. The van der Waals surface area contributed by atoms with Crippen molar-refractivity contribution in [3.63, 3.8) is 0 Å². The number of nitrogens with one attached hydrogen (secondary N) is 1. The Morgan fingerprint density at radius 1 is 1.09 bits per heavy atom. The highest BCUT2D eigenvalue weighted by Gasteiger charge is 2.21. The van der Waals surface area contributed by atoms with Gasteiger partial charge in [0.2, 0.25) is 15.9 Å². The molecule has 0 aliphatic carbocycles. The van der Waals surface area contributed by atoms with Crippen LogP contribution in [0, 0.1) is 0 Å². The lowest BCUT2D eigenvalue weighted by atomic mass is 10.2. The molecule has 2 aromatic carbocycles. The topological polar surface area (TPSA) is 111 Å². The van der Waals surface area contributed by atoms with Crippen LogP contribution in [0.15, 0.2) is 42.5 Å². The second kappa shape index (κ2) is 10.4. The third-order valence-electron chi connectivity index (χ3n) is 4.64. The minimum atomic E-state index is -3.57. The van der Waals surface area contributed by atoms with Gasteiger partial charge in [-0.2, -0.15) is 0 Å². The predicted octanol–water partition coefficient (Wildman–Crippen LogP) is 2.82. The van der Waals surface area contributed by atoms with E-state index in [0.29, 0.717) is 48.1 Å². The number of ether oxygens (including phenoxy) is 3. The second-order valence-electron chi connectivity index (χ2n) is 7.12. The molecule has 0 aromatic heterocycles. The van der Waals surface area contributed by atoms with Gasteiger partial charge < -0.3 is 19.5 Å². The first-order valence-electron chi connectivity index (χ1n) is 10.2. The standard InChI is InChI=1S/C22H26N2O7S/c1-3-29-22(26)16-6-4-7-17(14-16)23-21(25)8-5-11-24(32(2,27)28)18-9-10-19-20(15-18)31-13-12-30-19/h4,6-7,9-10,14-15H,3,5,8,11-13H2,1-2H3,(H,23,25). The summed E-state index contributed by atoms with van der Waals surface area (Å²) in [6.45, 7) is 2.94. The van der Waals surface area contributed by atoms with Crippen molar-refractivity contribution in [3.8, 4) is 11.5 Å². The van der Waals surface area contributed by atoms with Gasteiger partial charge in [-0.3, -0.25) is 9.10 Å². The van der Waals surface area contributed by atoms with E-state index in [-0.39, 0.29) is 25.5 Å². The van der Waals surface area contributed by atoms with E-state index in [0.717, 1.165) is 6.26 Å². The van der Waals surface area contributed by atoms with Crippen molar-refractivity contribution in [3.05, 3.63) is 48.0 Å². The lowest BCUT2D eigenvalue weighted by molar-refractivity contribution is -0.116. The molecule has 0 unspecified atom stereocenters. The van der Waals surface area contributed by atoms with Crippen LogP contribution in [-0.4, -0.2) is 52.9 Å². The number of anilines is 2. The van der Waals surface area contributed by atoms with Crippen LogP contribution in [0.1, 0.15) is 30.1 Å².